The summed E-state index contributed by atoms with van der Waals surface area (Å²) in [6.07, 6.45) is 0.699. The van der Waals surface area contributed by atoms with E-state index in [1.165, 1.54) is 4.31 Å². The van der Waals surface area contributed by atoms with Gasteiger partial charge in [0.05, 0.1) is 4.90 Å². The molecule has 1 aromatic rings. The van der Waals surface area contributed by atoms with Crippen LogP contribution in [0.1, 0.15) is 12.5 Å². The Bertz CT molecular complexity index is 586. The molecule has 2 rings (SSSR count). The van der Waals surface area contributed by atoms with E-state index in [2.05, 4.69) is 5.32 Å². The van der Waals surface area contributed by atoms with Crippen molar-refractivity contribution in [3.8, 4) is 0 Å². The van der Waals surface area contributed by atoms with E-state index in [4.69, 9.17) is 11.6 Å². The number of rotatable bonds is 4. The highest BCUT2D eigenvalue weighted by Crippen LogP contribution is 2.20. The molecule has 20 heavy (non-hydrogen) atoms. The fourth-order valence-corrected chi connectivity index (χ4v) is 3.98. The maximum Gasteiger partial charge on any atom is 0.243 e. The lowest BCUT2D eigenvalue weighted by Crippen LogP contribution is -2.55. The van der Waals surface area contributed by atoms with Crippen molar-refractivity contribution in [2.45, 2.75) is 24.3 Å². The van der Waals surface area contributed by atoms with Crippen LogP contribution in [0.2, 0.25) is 0 Å². The summed E-state index contributed by atoms with van der Waals surface area (Å²) in [5.74, 6) is 0.230. The number of alkyl halides is 1. The molecule has 0 spiro atoms. The average molecular weight is 317 g/mol. The number of nitrogens with zero attached hydrogens (tertiary/aromatic N) is 1. The zero-order valence-electron chi connectivity index (χ0n) is 11.2. The highest BCUT2D eigenvalue weighted by molar-refractivity contribution is 7.89. The van der Waals surface area contributed by atoms with E-state index in [-0.39, 0.29) is 10.8 Å². The zero-order valence-corrected chi connectivity index (χ0v) is 12.7. The third-order valence-corrected chi connectivity index (χ3v) is 5.53. The van der Waals surface area contributed by atoms with Crippen molar-refractivity contribution in [2.75, 3.05) is 19.0 Å². The van der Waals surface area contributed by atoms with Crippen molar-refractivity contribution in [2.24, 2.45) is 0 Å². The van der Waals surface area contributed by atoms with Gasteiger partial charge in [0.15, 0.2) is 0 Å². The monoisotopic (exact) mass is 316 g/mol. The number of piperazine rings is 1. The third kappa shape index (κ3) is 2.97. The average Bonchev–Trinajstić information content (AvgIpc) is 2.42. The van der Waals surface area contributed by atoms with Gasteiger partial charge in [-0.2, -0.15) is 4.31 Å². The van der Waals surface area contributed by atoms with Crippen molar-refractivity contribution in [1.82, 2.24) is 9.62 Å². The molecular weight excluding hydrogens is 300 g/mol. The first-order valence-corrected chi connectivity index (χ1v) is 8.38. The number of halogens is 1. The summed E-state index contributed by atoms with van der Waals surface area (Å²) in [6, 6.07) is 5.96. The van der Waals surface area contributed by atoms with Crippen LogP contribution in [0.5, 0.6) is 0 Å². The van der Waals surface area contributed by atoms with Gasteiger partial charge in [-0.05, 0) is 31.0 Å². The number of hydrogen-bond acceptors (Lipinski definition) is 3. The molecule has 0 aliphatic carbocycles. The largest absolute Gasteiger partial charge is 0.353 e. The maximum atomic E-state index is 12.5. The molecule has 1 fully saturated rings. The van der Waals surface area contributed by atoms with Gasteiger partial charge in [0, 0.05) is 19.0 Å². The lowest BCUT2D eigenvalue weighted by molar-refractivity contribution is -0.126. The minimum absolute atomic E-state index is 0.206. The van der Waals surface area contributed by atoms with E-state index in [1.54, 1.807) is 31.2 Å². The molecule has 1 aliphatic heterocycles. The SMILES string of the molecule is CC1C(=O)NCCN1S(=O)(=O)c1ccc(CCCl)cc1. The lowest BCUT2D eigenvalue weighted by Gasteiger charge is -2.31. The van der Waals surface area contributed by atoms with Gasteiger partial charge in [-0.15, -0.1) is 11.6 Å². The molecule has 1 atom stereocenters. The molecule has 1 N–H and O–H groups in total. The first-order valence-electron chi connectivity index (χ1n) is 6.41. The Morgan fingerprint density at radius 2 is 2.00 bits per heavy atom. The summed E-state index contributed by atoms with van der Waals surface area (Å²) < 4.78 is 26.3. The Morgan fingerprint density at radius 3 is 2.60 bits per heavy atom. The summed E-state index contributed by atoms with van der Waals surface area (Å²) in [5.41, 5.74) is 0.989. The van der Waals surface area contributed by atoms with Crippen LogP contribution >= 0.6 is 11.6 Å². The molecule has 0 saturated carbocycles. The smallest absolute Gasteiger partial charge is 0.243 e. The zero-order chi connectivity index (χ0) is 14.8. The molecule has 110 valence electrons. The van der Waals surface area contributed by atoms with Crippen LogP contribution in [0.25, 0.3) is 0 Å². The molecule has 1 unspecified atom stereocenters. The molecular formula is C13H17ClN2O3S. The summed E-state index contributed by atoms with van der Waals surface area (Å²) in [5, 5.41) is 2.65. The predicted octanol–water partition coefficient (Wildman–Crippen LogP) is 0.977. The van der Waals surface area contributed by atoms with Crippen LogP contribution in [-0.4, -0.2) is 43.6 Å². The molecule has 5 nitrogen and oxygen atoms in total. The van der Waals surface area contributed by atoms with E-state index >= 15 is 0 Å². The summed E-state index contributed by atoms with van der Waals surface area (Å²) in [4.78, 5) is 11.8. The van der Waals surface area contributed by atoms with Gasteiger partial charge in [0.25, 0.3) is 0 Å². The topological polar surface area (TPSA) is 66.5 Å². The predicted molar refractivity (Wildman–Crippen MR) is 77.2 cm³/mol. The molecule has 0 radical (unpaired) electrons. The van der Waals surface area contributed by atoms with E-state index in [0.29, 0.717) is 25.4 Å². The first kappa shape index (κ1) is 15.3. The summed E-state index contributed by atoms with van der Waals surface area (Å²) in [6.45, 7) is 2.22. The second-order valence-corrected chi connectivity index (χ2v) is 6.93. The molecule has 1 amide bonds. The van der Waals surface area contributed by atoms with E-state index in [9.17, 15) is 13.2 Å². The number of nitrogens with one attached hydrogen (secondary N) is 1. The third-order valence-electron chi connectivity index (χ3n) is 3.36. The normalized spacial score (nSPS) is 20.7. The van der Waals surface area contributed by atoms with Crippen LogP contribution in [0.3, 0.4) is 0 Å². The second-order valence-electron chi connectivity index (χ2n) is 4.67. The van der Waals surface area contributed by atoms with Gasteiger partial charge >= 0.3 is 0 Å². The summed E-state index contributed by atoms with van der Waals surface area (Å²) in [7, 11) is -3.64. The molecule has 1 aliphatic rings. The van der Waals surface area contributed by atoms with Gasteiger partial charge in [-0.3, -0.25) is 4.79 Å². The highest BCUT2D eigenvalue weighted by atomic mass is 35.5. The quantitative estimate of drug-likeness (QED) is 0.842. The summed E-state index contributed by atoms with van der Waals surface area (Å²) >= 11 is 5.65. The van der Waals surface area contributed by atoms with E-state index in [1.807, 2.05) is 0 Å². The minimum atomic E-state index is -3.64. The van der Waals surface area contributed by atoms with Crippen LogP contribution in [0, 0.1) is 0 Å². The highest BCUT2D eigenvalue weighted by Gasteiger charge is 2.35. The number of aryl methyl sites for hydroxylation is 1. The van der Waals surface area contributed by atoms with Crippen LogP contribution in [0.15, 0.2) is 29.2 Å². The molecule has 7 heteroatoms. The Kier molecular flexibility index (Phi) is 4.67. The van der Waals surface area contributed by atoms with Gasteiger partial charge in [0.1, 0.15) is 6.04 Å². The van der Waals surface area contributed by atoms with Crippen molar-refractivity contribution in [3.05, 3.63) is 29.8 Å². The van der Waals surface area contributed by atoms with Crippen LogP contribution < -0.4 is 5.32 Å². The van der Waals surface area contributed by atoms with Crippen LogP contribution in [-0.2, 0) is 21.2 Å². The molecule has 0 bridgehead atoms. The maximum absolute atomic E-state index is 12.5. The van der Waals surface area contributed by atoms with Gasteiger partial charge < -0.3 is 5.32 Å². The standard InChI is InChI=1S/C13H17ClN2O3S/c1-10-13(17)15-8-9-16(10)20(18,19)12-4-2-11(3-5-12)6-7-14/h2-5,10H,6-9H2,1H3,(H,15,17). The van der Waals surface area contributed by atoms with Gasteiger partial charge in [0.2, 0.25) is 15.9 Å². The number of carbonyl (C=O) groups excluding carboxylic acids is 1. The van der Waals surface area contributed by atoms with E-state index < -0.39 is 16.1 Å². The Hall–Kier alpha value is -1.11. The number of benzene rings is 1. The second kappa shape index (κ2) is 6.11. The Morgan fingerprint density at radius 1 is 1.35 bits per heavy atom. The minimum Gasteiger partial charge on any atom is -0.353 e. The first-order chi connectivity index (χ1) is 9.46. The van der Waals surface area contributed by atoms with Gasteiger partial charge in [-0.1, -0.05) is 12.1 Å². The van der Waals surface area contributed by atoms with Crippen molar-refractivity contribution in [1.29, 1.82) is 0 Å². The fraction of sp³-hybridized carbons (Fsp3) is 0.462. The Balaban J connectivity index is 2.27. The van der Waals surface area contributed by atoms with Crippen molar-refractivity contribution >= 4 is 27.5 Å². The molecule has 1 aromatic carbocycles. The molecule has 0 aromatic heterocycles. The lowest BCUT2D eigenvalue weighted by atomic mass is 10.2. The fourth-order valence-electron chi connectivity index (χ4n) is 2.16. The van der Waals surface area contributed by atoms with Crippen molar-refractivity contribution in [3.63, 3.8) is 0 Å². The Labute approximate surface area is 124 Å². The number of hydrogen-bond donors (Lipinski definition) is 1. The number of carbonyl (C=O) groups is 1. The number of amides is 1. The van der Waals surface area contributed by atoms with Gasteiger partial charge in [-0.25, -0.2) is 8.42 Å². The molecule has 1 heterocycles. The van der Waals surface area contributed by atoms with E-state index in [0.717, 1.165) is 5.56 Å². The molecule has 1 saturated heterocycles. The van der Waals surface area contributed by atoms with Crippen LogP contribution in [0.4, 0.5) is 0 Å². The van der Waals surface area contributed by atoms with Crippen molar-refractivity contribution < 1.29 is 13.2 Å². The number of sulfonamides is 1.